The van der Waals surface area contributed by atoms with Crippen molar-refractivity contribution in [2.24, 2.45) is 0 Å². The fourth-order valence-corrected chi connectivity index (χ4v) is 18.3. The topological polar surface area (TPSA) is 9.72 Å². The molecule has 1 saturated carbocycles. The van der Waals surface area contributed by atoms with Crippen molar-refractivity contribution in [2.75, 3.05) is 14.7 Å². The van der Waals surface area contributed by atoms with Gasteiger partial charge in [-0.1, -0.05) is 165 Å². The highest BCUT2D eigenvalue weighted by Gasteiger charge is 2.58. The van der Waals surface area contributed by atoms with Crippen LogP contribution in [0.1, 0.15) is 218 Å². The maximum Gasteiger partial charge on any atom is 0.252 e. The molecule has 3 aliphatic heterocycles. The van der Waals surface area contributed by atoms with Crippen molar-refractivity contribution in [3.8, 4) is 0 Å². The molecule has 2 unspecified atom stereocenters. The molecule has 7 aromatic carbocycles. The molecule has 0 bridgehead atoms. The molecule has 422 valence electrons. The fraction of sp³-hybridized carbons (Fsp3) is 0.455. The van der Waals surface area contributed by atoms with Gasteiger partial charge in [0.1, 0.15) is 0 Å². The van der Waals surface area contributed by atoms with Gasteiger partial charge < -0.3 is 14.7 Å². The number of thiophene rings is 1. The van der Waals surface area contributed by atoms with Gasteiger partial charge in [0.25, 0.3) is 6.71 Å². The van der Waals surface area contributed by atoms with Crippen molar-refractivity contribution >= 4 is 100 Å². The molecular formula is C77H90BN3S. The van der Waals surface area contributed by atoms with Crippen LogP contribution in [0.4, 0.5) is 45.5 Å². The second-order valence-corrected chi connectivity index (χ2v) is 33.1. The molecule has 1 fully saturated rings. The summed E-state index contributed by atoms with van der Waals surface area (Å²) in [4.78, 5) is 8.39. The maximum atomic E-state index is 2.83. The van der Waals surface area contributed by atoms with Crippen LogP contribution < -0.4 is 31.1 Å². The Kier molecular flexibility index (Phi) is 11.4. The van der Waals surface area contributed by atoms with Crippen molar-refractivity contribution in [1.82, 2.24) is 0 Å². The van der Waals surface area contributed by atoms with Gasteiger partial charge in [-0.05, 0) is 225 Å². The molecule has 0 N–H and O–H groups in total. The first-order chi connectivity index (χ1) is 38.3. The molecule has 82 heavy (non-hydrogen) atoms. The number of hydrogen-bond acceptors (Lipinski definition) is 4. The molecule has 0 amide bonds. The third-order valence-corrected chi connectivity index (χ3v) is 23.9. The molecule has 1 aromatic heterocycles. The molecule has 5 heteroatoms. The van der Waals surface area contributed by atoms with Crippen LogP contribution in [0.15, 0.2) is 103 Å². The predicted molar refractivity (Wildman–Crippen MR) is 358 cm³/mol. The lowest BCUT2D eigenvalue weighted by Gasteiger charge is -2.51. The summed E-state index contributed by atoms with van der Waals surface area (Å²) in [5, 5.41) is 2.73. The first-order valence-corrected chi connectivity index (χ1v) is 32.3. The number of fused-ring (bicyclic) bond motifs is 13. The molecule has 6 aliphatic rings. The predicted octanol–water partition coefficient (Wildman–Crippen LogP) is 20.1. The molecule has 2 atom stereocenters. The second-order valence-electron chi connectivity index (χ2n) is 32.0. The third-order valence-electron chi connectivity index (χ3n) is 22.7. The van der Waals surface area contributed by atoms with Crippen LogP contribution in [0.25, 0.3) is 20.2 Å². The average Bonchev–Trinajstić information content (AvgIpc) is 1.27. The van der Waals surface area contributed by atoms with Crippen LogP contribution in [0.3, 0.4) is 0 Å². The summed E-state index contributed by atoms with van der Waals surface area (Å²) in [6, 6.07) is 43.4. The van der Waals surface area contributed by atoms with E-state index in [0.717, 1.165) is 6.42 Å². The Bertz CT molecular complexity index is 4070. The average molecular weight is 1100 g/mol. The number of anilines is 8. The Morgan fingerprint density at radius 1 is 0.439 bits per heavy atom. The summed E-state index contributed by atoms with van der Waals surface area (Å²) in [7, 11) is 0. The minimum absolute atomic E-state index is 0.00532. The number of hydrogen-bond donors (Lipinski definition) is 0. The molecule has 4 heterocycles. The first-order valence-electron chi connectivity index (χ1n) is 31.5. The van der Waals surface area contributed by atoms with E-state index in [1.165, 1.54) is 183 Å². The van der Waals surface area contributed by atoms with Crippen molar-refractivity contribution < 1.29 is 0 Å². The Balaban J connectivity index is 1.09. The zero-order valence-electron chi connectivity index (χ0n) is 53.3. The fourth-order valence-electron chi connectivity index (χ4n) is 17.1. The number of benzene rings is 7. The molecule has 8 aromatic rings. The van der Waals surface area contributed by atoms with E-state index in [2.05, 4.69) is 249 Å². The second kappa shape index (κ2) is 17.2. The van der Waals surface area contributed by atoms with Gasteiger partial charge in [-0.15, -0.1) is 11.3 Å². The van der Waals surface area contributed by atoms with E-state index in [0.29, 0.717) is 0 Å². The van der Waals surface area contributed by atoms with Crippen LogP contribution in [-0.2, 0) is 37.9 Å². The van der Waals surface area contributed by atoms with Gasteiger partial charge >= 0.3 is 0 Å². The van der Waals surface area contributed by atoms with Crippen LogP contribution in [0.5, 0.6) is 0 Å². The lowest BCUT2D eigenvalue weighted by molar-refractivity contribution is 0.195. The molecule has 0 saturated heterocycles. The minimum Gasteiger partial charge on any atom is -0.334 e. The van der Waals surface area contributed by atoms with Gasteiger partial charge in [0.15, 0.2) is 0 Å². The van der Waals surface area contributed by atoms with Crippen LogP contribution >= 0.6 is 11.3 Å². The number of aryl methyl sites for hydroxylation is 3. The van der Waals surface area contributed by atoms with E-state index < -0.39 is 0 Å². The summed E-state index contributed by atoms with van der Waals surface area (Å²) in [6.07, 6.45) is 9.60. The highest BCUT2D eigenvalue weighted by molar-refractivity contribution is 7.26. The van der Waals surface area contributed by atoms with E-state index in [1.54, 1.807) is 0 Å². The van der Waals surface area contributed by atoms with Gasteiger partial charge in [0, 0.05) is 60.7 Å². The van der Waals surface area contributed by atoms with Gasteiger partial charge in [0.2, 0.25) is 0 Å². The summed E-state index contributed by atoms with van der Waals surface area (Å²) in [6.45, 7) is 46.5. The summed E-state index contributed by atoms with van der Waals surface area (Å²) in [5.41, 5.74) is 29.5. The molecular weight excluding hydrogens is 1010 g/mol. The van der Waals surface area contributed by atoms with E-state index in [-0.39, 0.29) is 50.2 Å². The van der Waals surface area contributed by atoms with Crippen molar-refractivity contribution in [2.45, 2.75) is 226 Å². The zero-order valence-corrected chi connectivity index (χ0v) is 54.1. The van der Waals surface area contributed by atoms with E-state index in [1.807, 2.05) is 11.3 Å². The highest BCUT2D eigenvalue weighted by Crippen LogP contribution is 2.62. The number of rotatable bonds is 3. The maximum absolute atomic E-state index is 2.83. The van der Waals surface area contributed by atoms with E-state index in [4.69, 9.17) is 0 Å². The SMILES string of the molecule is Cc1cc2c3c(c1)N(c1cc4c(cc1C)C(C)(C)CCC4(C)C)c1c(ccc4c1sc1ccc(C(C)(C)C)cc14)B3c1ccc(N3c4ccc(C(C)(C)C)cc4C4(C)CCCCC34C)cc1N2c1cc2c(cc1C)C(C)(C)CCC2(C)C. The van der Waals surface area contributed by atoms with Gasteiger partial charge in [-0.2, -0.15) is 0 Å². The molecule has 0 spiro atoms. The highest BCUT2D eigenvalue weighted by atomic mass is 32.1. The van der Waals surface area contributed by atoms with E-state index >= 15 is 0 Å². The zero-order chi connectivity index (χ0) is 58.1. The summed E-state index contributed by atoms with van der Waals surface area (Å²) in [5.74, 6) is 0. The standard InChI is InChI=1S/C77H90BN3S/c1-45-36-64-67-65(37-45)80(62-44-56-54(39-47(62)3)73(12,13)33-35-75(56,16)17)68-59(27-25-51-52-40-48(70(4,5)6)23-29-66(52)82-69(51)68)78(67)58-26-24-50(42-63(58)79(64)61-43-55-53(38-46(61)2)72(10,11)32-34-74(55,14)15)81-60-28-22-49(71(7,8)9)41-57(60)76(18)30-20-21-31-77(76,81)19/h22-29,36-44H,20-21,30-35H2,1-19H3. The largest absolute Gasteiger partial charge is 0.334 e. The quantitative estimate of drug-likeness (QED) is 0.163. The Labute approximate surface area is 497 Å². The van der Waals surface area contributed by atoms with Crippen LogP contribution in [-0.4, -0.2) is 12.3 Å². The van der Waals surface area contributed by atoms with Crippen molar-refractivity contribution in [3.05, 3.63) is 159 Å². The lowest BCUT2D eigenvalue weighted by atomic mass is 9.33. The monoisotopic (exact) mass is 1100 g/mol. The van der Waals surface area contributed by atoms with Crippen LogP contribution in [0, 0.1) is 20.8 Å². The molecule has 3 aliphatic carbocycles. The van der Waals surface area contributed by atoms with Gasteiger partial charge in [-0.25, -0.2) is 0 Å². The van der Waals surface area contributed by atoms with Gasteiger partial charge in [-0.3, -0.25) is 0 Å². The molecule has 14 rings (SSSR count). The third kappa shape index (κ3) is 7.51. The minimum atomic E-state index is -0.0923. The van der Waals surface area contributed by atoms with Crippen LogP contribution in [0.2, 0.25) is 0 Å². The Hall–Kier alpha value is -5.78. The Morgan fingerprint density at radius 2 is 0.963 bits per heavy atom. The van der Waals surface area contributed by atoms with Crippen molar-refractivity contribution in [3.63, 3.8) is 0 Å². The normalized spacial score (nSPS) is 22.6. The molecule has 0 radical (unpaired) electrons. The smallest absolute Gasteiger partial charge is 0.252 e. The summed E-state index contributed by atoms with van der Waals surface area (Å²) >= 11 is 2.00. The molecule has 3 nitrogen and oxygen atoms in total. The Morgan fingerprint density at radius 3 is 1.56 bits per heavy atom. The van der Waals surface area contributed by atoms with Gasteiger partial charge in [0.05, 0.1) is 15.9 Å². The first kappa shape index (κ1) is 54.2. The van der Waals surface area contributed by atoms with E-state index in [9.17, 15) is 0 Å². The number of nitrogens with zero attached hydrogens (tertiary/aromatic N) is 3. The van der Waals surface area contributed by atoms with Crippen molar-refractivity contribution in [1.29, 1.82) is 0 Å². The lowest BCUT2D eigenvalue weighted by Crippen LogP contribution is -2.61. The summed E-state index contributed by atoms with van der Waals surface area (Å²) < 4.78 is 2.74.